The zero-order chi connectivity index (χ0) is 47.6. The van der Waals surface area contributed by atoms with Crippen LogP contribution in [0, 0.1) is 11.3 Å². The van der Waals surface area contributed by atoms with Crippen LogP contribution in [0.2, 0.25) is 0 Å². The summed E-state index contributed by atoms with van der Waals surface area (Å²) in [5.74, 6) is -0.939. The van der Waals surface area contributed by atoms with E-state index in [2.05, 4.69) is 72.5 Å². The summed E-state index contributed by atoms with van der Waals surface area (Å²) < 4.78 is 20.6. The molecule has 13 nitrogen and oxygen atoms in total. The molecule has 3 aromatic carbocycles. The summed E-state index contributed by atoms with van der Waals surface area (Å²) in [5, 5.41) is 17.1. The van der Waals surface area contributed by atoms with Crippen molar-refractivity contribution in [1.29, 1.82) is 0 Å². The molecule has 5 aromatic rings. The van der Waals surface area contributed by atoms with Crippen LogP contribution in [-0.2, 0) is 48.0 Å². The molecule has 2 aromatic heterocycles. The van der Waals surface area contributed by atoms with Gasteiger partial charge < -0.3 is 29.2 Å². The predicted molar refractivity (Wildman–Crippen MR) is 260 cm³/mol. The number of rotatable bonds is 11. The van der Waals surface area contributed by atoms with Gasteiger partial charge in [-0.3, -0.25) is 29.3 Å². The quantitative estimate of drug-likeness (QED) is 0.112. The second kappa shape index (κ2) is 20.3. The SMILES string of the molecule is CCn1c(-c2cccnc2[C@H](C)OC)c2c3cc(ccc31)-c1cc(O)cc(c1)C[C@H](NC(=O)[C@H](C(C)C)N(C)C[C@@H]1OCC[C@H]1c1ccccc1)C(=O)N1CCC[C@H](N1)C(=O)OCC(C)(C)C2. The molecule has 356 valence electrons. The van der Waals surface area contributed by atoms with Crippen molar-refractivity contribution in [2.45, 2.75) is 116 Å². The van der Waals surface area contributed by atoms with Crippen LogP contribution >= 0.6 is 0 Å². The first-order valence-electron chi connectivity index (χ1n) is 24.0. The van der Waals surface area contributed by atoms with Crippen molar-refractivity contribution in [1.82, 2.24) is 30.2 Å². The molecular weight excluding hydrogens is 845 g/mol. The maximum atomic E-state index is 14.8. The number of nitrogens with zero attached hydrogens (tertiary/aromatic N) is 4. The highest BCUT2D eigenvalue weighted by Crippen LogP contribution is 2.42. The van der Waals surface area contributed by atoms with E-state index in [-0.39, 0.29) is 54.6 Å². The fraction of sp³-hybridized carbons (Fsp3) is 0.481. The summed E-state index contributed by atoms with van der Waals surface area (Å²) >= 11 is 0. The summed E-state index contributed by atoms with van der Waals surface area (Å²) in [4.78, 5) is 50.3. The number of ether oxygens (including phenoxy) is 3. The van der Waals surface area contributed by atoms with Gasteiger partial charge >= 0.3 is 5.97 Å². The number of phenols is 1. The van der Waals surface area contributed by atoms with E-state index in [0.717, 1.165) is 51.0 Å². The summed E-state index contributed by atoms with van der Waals surface area (Å²) in [5.41, 5.74) is 11.2. The molecule has 2 saturated heterocycles. The topological polar surface area (TPSA) is 147 Å². The Morgan fingerprint density at radius 2 is 1.82 bits per heavy atom. The third-order valence-electron chi connectivity index (χ3n) is 14.0. The van der Waals surface area contributed by atoms with Gasteiger partial charge in [0, 0.05) is 73.8 Å². The van der Waals surface area contributed by atoms with Crippen LogP contribution in [-0.4, -0.2) is 107 Å². The summed E-state index contributed by atoms with van der Waals surface area (Å²) in [7, 11) is 3.63. The molecule has 8 rings (SSSR count). The van der Waals surface area contributed by atoms with Gasteiger partial charge in [0.05, 0.1) is 36.2 Å². The lowest BCUT2D eigenvalue weighted by atomic mass is 9.84. The average Bonchev–Trinajstić information content (AvgIpc) is 3.90. The molecular formula is C54H68N6O7. The van der Waals surface area contributed by atoms with E-state index in [0.29, 0.717) is 51.1 Å². The molecule has 6 atom stereocenters. The number of cyclic esters (lactones) is 1. The van der Waals surface area contributed by atoms with E-state index in [1.54, 1.807) is 25.4 Å². The van der Waals surface area contributed by atoms with E-state index >= 15 is 0 Å². The number of hydrogen-bond donors (Lipinski definition) is 3. The van der Waals surface area contributed by atoms with Gasteiger partial charge in [-0.25, -0.2) is 5.43 Å². The van der Waals surface area contributed by atoms with Crippen molar-refractivity contribution < 1.29 is 33.7 Å². The van der Waals surface area contributed by atoms with Gasteiger partial charge in [-0.1, -0.05) is 70.2 Å². The number of benzene rings is 3. The molecule has 5 heterocycles. The number of aromatic nitrogens is 2. The normalized spacial score (nSPS) is 22.1. The lowest BCUT2D eigenvalue weighted by Crippen LogP contribution is -2.62. The summed E-state index contributed by atoms with van der Waals surface area (Å²) in [6.07, 6.45) is 4.05. The molecule has 2 amide bonds. The van der Waals surface area contributed by atoms with E-state index in [9.17, 15) is 19.5 Å². The monoisotopic (exact) mass is 913 g/mol. The van der Waals surface area contributed by atoms with E-state index in [4.69, 9.17) is 19.2 Å². The molecule has 0 saturated carbocycles. The first kappa shape index (κ1) is 47.9. The van der Waals surface area contributed by atoms with Crippen LogP contribution < -0.4 is 10.7 Å². The lowest BCUT2D eigenvalue weighted by molar-refractivity contribution is -0.155. The number of fused-ring (bicyclic) bond motifs is 6. The second-order valence-corrected chi connectivity index (χ2v) is 19.9. The number of carbonyl (C=O) groups excluding carboxylic acids is 3. The van der Waals surface area contributed by atoms with Gasteiger partial charge in [-0.2, -0.15) is 0 Å². The van der Waals surface area contributed by atoms with E-state index in [1.807, 2.05) is 63.1 Å². The van der Waals surface area contributed by atoms with E-state index in [1.165, 1.54) is 10.6 Å². The number of nitrogens with one attached hydrogen (secondary N) is 2. The fourth-order valence-corrected chi connectivity index (χ4v) is 10.6. The number of phenolic OH excluding ortho intramolecular Hbond substituents is 1. The number of hydrazine groups is 1. The number of likely N-dealkylation sites (N-methyl/N-ethyl adjacent to an activating group) is 1. The Morgan fingerprint density at radius 1 is 1.03 bits per heavy atom. The minimum Gasteiger partial charge on any atom is -0.508 e. The van der Waals surface area contributed by atoms with Gasteiger partial charge in [0.1, 0.15) is 17.8 Å². The van der Waals surface area contributed by atoms with Crippen molar-refractivity contribution >= 4 is 28.7 Å². The highest BCUT2D eigenvalue weighted by atomic mass is 16.5. The van der Waals surface area contributed by atoms with Crippen LogP contribution in [0.3, 0.4) is 0 Å². The minimum atomic E-state index is -1.03. The highest BCUT2D eigenvalue weighted by Gasteiger charge is 2.39. The van der Waals surface area contributed by atoms with Crippen molar-refractivity contribution in [3.8, 4) is 28.1 Å². The zero-order valence-electron chi connectivity index (χ0n) is 40.4. The van der Waals surface area contributed by atoms with E-state index < -0.39 is 29.5 Å². The highest BCUT2D eigenvalue weighted by molar-refractivity contribution is 5.96. The van der Waals surface area contributed by atoms with Gasteiger partial charge in [0.15, 0.2) is 0 Å². The third-order valence-corrected chi connectivity index (χ3v) is 14.0. The summed E-state index contributed by atoms with van der Waals surface area (Å²) in [6, 6.07) is 23.8. The Kier molecular flexibility index (Phi) is 14.5. The van der Waals surface area contributed by atoms with Crippen LogP contribution in [0.15, 0.2) is 85.1 Å². The lowest BCUT2D eigenvalue weighted by Gasteiger charge is -2.37. The smallest absolute Gasteiger partial charge is 0.324 e. The number of pyridine rings is 1. The standard InChI is InChI=1S/C54H68N6O7/c1-9-59-46-20-19-37-29-42(46)43(50(59)41-17-13-22-55-48(41)34(4)65-8)30-54(5,6)32-67-53(64)44-18-14-23-60(57-44)52(63)45(27-35-25-38(37)28-39(61)26-35)56-51(62)49(33(2)3)58(7)31-47-40(21-24-66-47)36-15-11-10-12-16-36/h10-13,15-17,19-20,22,25-26,28-29,33-34,40,44-45,47,49,57,61H,9,14,18,21,23-24,27,30-32H2,1-8H3,(H,56,62)/t34-,40-,44-,45-,47-,49-/m0/s1. The predicted octanol–water partition coefficient (Wildman–Crippen LogP) is 7.98. The number of aryl methyl sites for hydroxylation is 1. The van der Waals surface area contributed by atoms with Crippen molar-refractivity contribution in [2.75, 3.05) is 40.5 Å². The van der Waals surface area contributed by atoms with Crippen molar-refractivity contribution in [3.63, 3.8) is 0 Å². The molecule has 13 heteroatoms. The molecule has 0 aliphatic carbocycles. The van der Waals surface area contributed by atoms with Gasteiger partial charge in [0.2, 0.25) is 5.91 Å². The Bertz CT molecular complexity index is 2570. The molecule has 3 aliphatic heterocycles. The van der Waals surface area contributed by atoms with Crippen LogP contribution in [0.4, 0.5) is 0 Å². The molecule has 6 bridgehead atoms. The largest absolute Gasteiger partial charge is 0.508 e. The molecule has 2 fully saturated rings. The van der Waals surface area contributed by atoms with Gasteiger partial charge in [-0.15, -0.1) is 0 Å². The molecule has 67 heavy (non-hydrogen) atoms. The molecule has 0 spiro atoms. The maximum absolute atomic E-state index is 14.8. The van der Waals surface area contributed by atoms with Crippen LogP contribution in [0.25, 0.3) is 33.3 Å². The third kappa shape index (κ3) is 10.3. The minimum absolute atomic E-state index is 0.0458. The average molecular weight is 913 g/mol. The number of amides is 2. The van der Waals surface area contributed by atoms with Crippen LogP contribution in [0.5, 0.6) is 5.75 Å². The second-order valence-electron chi connectivity index (χ2n) is 19.9. The van der Waals surface area contributed by atoms with Gasteiger partial charge in [-0.05, 0) is 117 Å². The Hall–Kier alpha value is -5.60. The number of methoxy groups -OCH3 is 1. The van der Waals surface area contributed by atoms with Crippen molar-refractivity contribution in [2.24, 2.45) is 11.3 Å². The van der Waals surface area contributed by atoms with Gasteiger partial charge in [0.25, 0.3) is 5.91 Å². The number of esters is 1. The number of carbonyl (C=O) groups is 3. The zero-order valence-corrected chi connectivity index (χ0v) is 40.4. The Morgan fingerprint density at radius 3 is 2.57 bits per heavy atom. The van der Waals surface area contributed by atoms with Crippen molar-refractivity contribution in [3.05, 3.63) is 107 Å². The Balaban J connectivity index is 1.19. The molecule has 3 aliphatic rings. The summed E-state index contributed by atoms with van der Waals surface area (Å²) in [6.45, 7) is 14.7. The molecule has 0 radical (unpaired) electrons. The molecule has 0 unspecified atom stereocenters. The molecule has 3 N–H and O–H groups in total. The number of hydrogen-bond acceptors (Lipinski definition) is 10. The van der Waals surface area contributed by atoms with Crippen LogP contribution in [0.1, 0.15) is 95.2 Å². The Labute approximate surface area is 395 Å². The maximum Gasteiger partial charge on any atom is 0.324 e. The first-order chi connectivity index (χ1) is 32.2. The first-order valence-corrected chi connectivity index (χ1v) is 24.0. The fourth-order valence-electron chi connectivity index (χ4n) is 10.6. The number of aromatic hydroxyl groups is 1.